The lowest BCUT2D eigenvalue weighted by Crippen LogP contribution is -2.50. The zero-order chi connectivity index (χ0) is 22.8. The molecule has 2 aliphatic rings. The highest BCUT2D eigenvalue weighted by Crippen LogP contribution is 2.38. The first-order valence-corrected chi connectivity index (χ1v) is 12.4. The molecule has 2 heterocycles. The van der Waals surface area contributed by atoms with E-state index in [-0.39, 0.29) is 17.7 Å². The number of hydrogen-bond acceptors (Lipinski definition) is 5. The first-order valence-electron chi connectivity index (χ1n) is 11.2. The van der Waals surface area contributed by atoms with Crippen molar-refractivity contribution in [2.75, 3.05) is 36.4 Å². The maximum absolute atomic E-state index is 13.4. The SMILES string of the molecule is O=C(Nc1nc2c(s1)CCCC2C(=O)N1CCN(c2ccccc2Cl)CC1)c1ccccc1. The maximum Gasteiger partial charge on any atom is 0.257 e. The van der Waals surface area contributed by atoms with Gasteiger partial charge in [-0.25, -0.2) is 4.98 Å². The van der Waals surface area contributed by atoms with Gasteiger partial charge in [-0.05, 0) is 43.5 Å². The van der Waals surface area contributed by atoms with Crippen molar-refractivity contribution in [3.63, 3.8) is 0 Å². The molecule has 1 N–H and O–H groups in total. The van der Waals surface area contributed by atoms with Crippen LogP contribution < -0.4 is 10.2 Å². The van der Waals surface area contributed by atoms with Crippen LogP contribution in [0.1, 0.15) is 39.7 Å². The van der Waals surface area contributed by atoms with Gasteiger partial charge in [-0.15, -0.1) is 11.3 Å². The monoisotopic (exact) mass is 480 g/mol. The Morgan fingerprint density at radius 3 is 2.48 bits per heavy atom. The molecule has 2 amide bonds. The molecule has 5 rings (SSSR count). The molecule has 1 unspecified atom stereocenters. The first kappa shape index (κ1) is 21.9. The van der Waals surface area contributed by atoms with Crippen LogP contribution in [0, 0.1) is 0 Å². The van der Waals surface area contributed by atoms with Gasteiger partial charge in [-0.3, -0.25) is 14.9 Å². The summed E-state index contributed by atoms with van der Waals surface area (Å²) in [6.45, 7) is 2.84. The Kier molecular flexibility index (Phi) is 6.33. The summed E-state index contributed by atoms with van der Waals surface area (Å²) in [6.07, 6.45) is 2.65. The fraction of sp³-hybridized carbons (Fsp3) is 0.320. The van der Waals surface area contributed by atoms with Gasteiger partial charge in [0.25, 0.3) is 5.91 Å². The van der Waals surface area contributed by atoms with Crippen LogP contribution in [-0.4, -0.2) is 47.9 Å². The van der Waals surface area contributed by atoms with E-state index in [4.69, 9.17) is 16.6 Å². The number of anilines is 2. The molecule has 2 aromatic carbocycles. The van der Waals surface area contributed by atoms with E-state index < -0.39 is 0 Å². The lowest BCUT2D eigenvalue weighted by molar-refractivity contribution is -0.133. The van der Waals surface area contributed by atoms with Crippen molar-refractivity contribution >= 4 is 45.6 Å². The molecule has 0 bridgehead atoms. The minimum absolute atomic E-state index is 0.140. The number of nitrogens with zero attached hydrogens (tertiary/aromatic N) is 3. The predicted molar refractivity (Wildman–Crippen MR) is 132 cm³/mol. The molecule has 8 heteroatoms. The highest BCUT2D eigenvalue weighted by Gasteiger charge is 2.34. The third kappa shape index (κ3) is 4.61. The van der Waals surface area contributed by atoms with Crippen molar-refractivity contribution in [1.29, 1.82) is 0 Å². The Morgan fingerprint density at radius 2 is 1.73 bits per heavy atom. The maximum atomic E-state index is 13.4. The number of halogens is 1. The molecular formula is C25H25ClN4O2S. The number of rotatable bonds is 4. The summed E-state index contributed by atoms with van der Waals surface area (Å²) in [5.41, 5.74) is 2.45. The topological polar surface area (TPSA) is 65.5 Å². The number of aromatic nitrogens is 1. The molecule has 1 aliphatic carbocycles. The largest absolute Gasteiger partial charge is 0.367 e. The Hall–Kier alpha value is -2.90. The standard InChI is InChI=1S/C25H25ClN4O2S/c26-19-10-4-5-11-20(19)29-13-15-30(16-14-29)24(32)18-9-6-12-21-22(18)27-25(33-21)28-23(31)17-7-2-1-3-8-17/h1-5,7-8,10-11,18H,6,9,12-16H2,(H,27,28,31). The van der Waals surface area contributed by atoms with Gasteiger partial charge in [-0.2, -0.15) is 0 Å². The van der Waals surface area contributed by atoms with Gasteiger partial charge in [0.15, 0.2) is 5.13 Å². The van der Waals surface area contributed by atoms with Crippen LogP contribution in [0.25, 0.3) is 0 Å². The van der Waals surface area contributed by atoms with Crippen molar-refractivity contribution in [3.05, 3.63) is 75.8 Å². The van der Waals surface area contributed by atoms with Crippen molar-refractivity contribution < 1.29 is 9.59 Å². The highest BCUT2D eigenvalue weighted by molar-refractivity contribution is 7.16. The number of amides is 2. The van der Waals surface area contributed by atoms with E-state index in [1.807, 2.05) is 47.4 Å². The average Bonchev–Trinajstić information content (AvgIpc) is 3.27. The molecule has 1 aliphatic heterocycles. The Bertz CT molecular complexity index is 1160. The van der Waals surface area contributed by atoms with Crippen molar-refractivity contribution in [2.45, 2.75) is 25.2 Å². The third-order valence-electron chi connectivity index (χ3n) is 6.29. The summed E-state index contributed by atoms with van der Waals surface area (Å²) in [6, 6.07) is 16.9. The molecule has 6 nitrogen and oxygen atoms in total. The summed E-state index contributed by atoms with van der Waals surface area (Å²) < 4.78 is 0. The van der Waals surface area contributed by atoms with E-state index in [2.05, 4.69) is 10.2 Å². The highest BCUT2D eigenvalue weighted by atomic mass is 35.5. The van der Waals surface area contributed by atoms with E-state index >= 15 is 0 Å². The summed E-state index contributed by atoms with van der Waals surface area (Å²) in [4.78, 5) is 36.0. The zero-order valence-corrected chi connectivity index (χ0v) is 19.7. The number of benzene rings is 2. The fourth-order valence-electron chi connectivity index (χ4n) is 4.57. The second kappa shape index (κ2) is 9.53. The zero-order valence-electron chi connectivity index (χ0n) is 18.2. The molecule has 170 valence electrons. The molecule has 3 aromatic rings. The number of piperazine rings is 1. The normalized spacial score (nSPS) is 18.0. The number of carbonyl (C=O) groups is 2. The van der Waals surface area contributed by atoms with Crippen molar-refractivity contribution in [1.82, 2.24) is 9.88 Å². The Balaban J connectivity index is 1.26. The van der Waals surface area contributed by atoms with E-state index in [9.17, 15) is 9.59 Å². The number of carbonyl (C=O) groups excluding carboxylic acids is 2. The minimum Gasteiger partial charge on any atom is -0.367 e. The van der Waals surface area contributed by atoms with E-state index in [1.165, 1.54) is 11.3 Å². The van der Waals surface area contributed by atoms with Crippen LogP contribution in [0.2, 0.25) is 5.02 Å². The van der Waals surface area contributed by atoms with Gasteiger partial charge in [0, 0.05) is 36.6 Å². The van der Waals surface area contributed by atoms with Gasteiger partial charge in [0.1, 0.15) is 0 Å². The summed E-state index contributed by atoms with van der Waals surface area (Å²) >= 11 is 7.84. The Morgan fingerprint density at radius 1 is 1.00 bits per heavy atom. The number of fused-ring (bicyclic) bond motifs is 1. The molecular weight excluding hydrogens is 456 g/mol. The van der Waals surface area contributed by atoms with Gasteiger partial charge in [0.05, 0.1) is 22.3 Å². The van der Waals surface area contributed by atoms with E-state index in [0.29, 0.717) is 23.8 Å². The van der Waals surface area contributed by atoms with E-state index in [0.717, 1.165) is 53.6 Å². The molecule has 33 heavy (non-hydrogen) atoms. The molecule has 1 saturated heterocycles. The fourth-order valence-corrected chi connectivity index (χ4v) is 5.88. The van der Waals surface area contributed by atoms with Crippen LogP contribution in [0.15, 0.2) is 54.6 Å². The summed E-state index contributed by atoms with van der Waals surface area (Å²) in [5, 5.41) is 4.21. The van der Waals surface area contributed by atoms with Gasteiger partial charge in [-0.1, -0.05) is 41.9 Å². The Labute approximate surface area is 202 Å². The smallest absolute Gasteiger partial charge is 0.257 e. The molecule has 1 aromatic heterocycles. The molecule has 0 radical (unpaired) electrons. The van der Waals surface area contributed by atoms with Crippen molar-refractivity contribution in [3.8, 4) is 0 Å². The van der Waals surface area contributed by atoms with Gasteiger partial charge in [0.2, 0.25) is 5.91 Å². The second-order valence-corrected chi connectivity index (χ2v) is 9.85. The van der Waals surface area contributed by atoms with E-state index in [1.54, 1.807) is 12.1 Å². The lowest BCUT2D eigenvalue weighted by Gasteiger charge is -2.38. The quantitative estimate of drug-likeness (QED) is 0.581. The van der Waals surface area contributed by atoms with Gasteiger partial charge < -0.3 is 9.80 Å². The molecule has 1 atom stereocenters. The predicted octanol–water partition coefficient (Wildman–Crippen LogP) is 4.82. The number of thiazole rings is 1. The van der Waals surface area contributed by atoms with Crippen LogP contribution in [0.3, 0.4) is 0 Å². The number of aryl methyl sites for hydroxylation is 1. The molecule has 1 fully saturated rings. The van der Waals surface area contributed by atoms with Gasteiger partial charge >= 0.3 is 0 Å². The average molecular weight is 481 g/mol. The number of nitrogens with one attached hydrogen (secondary N) is 1. The third-order valence-corrected chi connectivity index (χ3v) is 7.66. The number of hydrogen-bond donors (Lipinski definition) is 1. The van der Waals surface area contributed by atoms with Crippen LogP contribution in [0.5, 0.6) is 0 Å². The van der Waals surface area contributed by atoms with Crippen molar-refractivity contribution in [2.24, 2.45) is 0 Å². The summed E-state index contributed by atoms with van der Waals surface area (Å²) in [5.74, 6) is -0.277. The minimum atomic E-state index is -0.237. The first-order chi connectivity index (χ1) is 16.1. The number of para-hydroxylation sites is 1. The lowest BCUT2D eigenvalue weighted by atomic mass is 9.89. The van der Waals surface area contributed by atoms with Crippen LogP contribution >= 0.6 is 22.9 Å². The molecule has 0 spiro atoms. The molecule has 0 saturated carbocycles. The summed E-state index contributed by atoms with van der Waals surface area (Å²) in [7, 11) is 0. The second-order valence-electron chi connectivity index (χ2n) is 8.36. The van der Waals surface area contributed by atoms with Crippen LogP contribution in [-0.2, 0) is 11.2 Å². The van der Waals surface area contributed by atoms with Crippen LogP contribution in [0.4, 0.5) is 10.8 Å².